The number of hydrogen-bond acceptors (Lipinski definition) is 5. The van der Waals surface area contributed by atoms with Gasteiger partial charge in [-0.05, 0) is 49.7 Å². The van der Waals surface area contributed by atoms with Gasteiger partial charge in [-0.15, -0.1) is 0 Å². The number of Topliss-reactive ketones (excluding diaryl/α,β-unsaturated/α-hetero) is 1. The molecule has 24 heavy (non-hydrogen) atoms. The minimum Gasteiger partial charge on any atom is -0.506 e. The molecule has 0 spiro atoms. The van der Waals surface area contributed by atoms with Crippen LogP contribution in [-0.4, -0.2) is 28.4 Å². The summed E-state index contributed by atoms with van der Waals surface area (Å²) in [5.41, 5.74) is 1.67. The van der Waals surface area contributed by atoms with Gasteiger partial charge in [0.15, 0.2) is 5.78 Å². The van der Waals surface area contributed by atoms with Crippen LogP contribution in [0, 0.1) is 12.7 Å². The van der Waals surface area contributed by atoms with Crippen molar-refractivity contribution >= 4 is 11.8 Å². The molecule has 0 saturated heterocycles. The highest BCUT2D eigenvalue weighted by Crippen LogP contribution is 2.26. The summed E-state index contributed by atoms with van der Waals surface area (Å²) in [4.78, 5) is 27.7. The van der Waals surface area contributed by atoms with Crippen LogP contribution >= 0.6 is 0 Å². The molecule has 1 N–H and O–H groups in total. The van der Waals surface area contributed by atoms with Crippen LogP contribution in [-0.2, 0) is 9.53 Å². The number of halogens is 1. The number of hydrogen-bond donors (Lipinski definition) is 1. The summed E-state index contributed by atoms with van der Waals surface area (Å²) < 4.78 is 18.0. The molecule has 1 aromatic heterocycles. The van der Waals surface area contributed by atoms with Crippen LogP contribution in [0.25, 0.3) is 11.3 Å². The maximum absolute atomic E-state index is 13.2. The monoisotopic (exact) mass is 331 g/mol. The molecule has 0 aliphatic carbocycles. The molecular weight excluding hydrogens is 313 g/mol. The van der Waals surface area contributed by atoms with Crippen LogP contribution < -0.4 is 0 Å². The number of carbonyl (C=O) groups is 2. The maximum Gasteiger partial charge on any atom is 0.306 e. The zero-order valence-electron chi connectivity index (χ0n) is 13.5. The normalized spacial score (nSPS) is 10.5. The van der Waals surface area contributed by atoms with Gasteiger partial charge in [-0.25, -0.2) is 9.37 Å². The van der Waals surface area contributed by atoms with E-state index in [1.807, 2.05) is 0 Å². The van der Waals surface area contributed by atoms with E-state index in [1.54, 1.807) is 26.0 Å². The second-order valence-corrected chi connectivity index (χ2v) is 5.25. The number of carbonyl (C=O) groups excluding carboxylic acids is 2. The largest absolute Gasteiger partial charge is 0.506 e. The second kappa shape index (κ2) is 7.68. The average Bonchev–Trinajstić information content (AvgIpc) is 2.54. The lowest BCUT2D eigenvalue weighted by Gasteiger charge is -2.09. The van der Waals surface area contributed by atoms with E-state index in [1.165, 1.54) is 18.2 Å². The predicted molar refractivity (Wildman–Crippen MR) is 86.2 cm³/mol. The molecule has 0 unspecified atom stereocenters. The highest BCUT2D eigenvalue weighted by atomic mass is 19.1. The Morgan fingerprint density at radius 2 is 1.96 bits per heavy atom. The fourth-order valence-corrected chi connectivity index (χ4v) is 2.29. The van der Waals surface area contributed by atoms with Crippen molar-refractivity contribution in [1.29, 1.82) is 0 Å². The fourth-order valence-electron chi connectivity index (χ4n) is 2.29. The first kappa shape index (κ1) is 17.6. The van der Waals surface area contributed by atoms with Crippen LogP contribution in [0.15, 0.2) is 30.3 Å². The molecule has 0 radical (unpaired) electrons. The van der Waals surface area contributed by atoms with Gasteiger partial charge >= 0.3 is 5.97 Å². The van der Waals surface area contributed by atoms with E-state index in [-0.39, 0.29) is 36.7 Å². The van der Waals surface area contributed by atoms with Crippen molar-refractivity contribution in [2.45, 2.75) is 26.7 Å². The van der Waals surface area contributed by atoms with Crippen molar-refractivity contribution in [2.75, 3.05) is 6.61 Å². The first-order valence-corrected chi connectivity index (χ1v) is 7.57. The Labute approximate surface area is 139 Å². The molecule has 126 valence electrons. The third-order valence-corrected chi connectivity index (χ3v) is 3.46. The molecule has 0 amide bonds. The van der Waals surface area contributed by atoms with Gasteiger partial charge in [0, 0.05) is 12.0 Å². The van der Waals surface area contributed by atoms with Crippen LogP contribution in [0.1, 0.15) is 35.8 Å². The minimum absolute atomic E-state index is 0.0758. The SMILES string of the molecule is CCOC(=O)CCC(=O)c1nc(-c2ccc(F)cc2C)ccc1O. The Balaban J connectivity index is 2.25. The number of esters is 1. The van der Waals surface area contributed by atoms with Gasteiger partial charge < -0.3 is 9.84 Å². The summed E-state index contributed by atoms with van der Waals surface area (Å²) in [6, 6.07) is 7.16. The number of nitrogens with zero attached hydrogens (tertiary/aromatic N) is 1. The Morgan fingerprint density at radius 1 is 1.21 bits per heavy atom. The molecule has 0 aliphatic heterocycles. The highest BCUT2D eigenvalue weighted by Gasteiger charge is 2.17. The lowest BCUT2D eigenvalue weighted by Crippen LogP contribution is -2.09. The van der Waals surface area contributed by atoms with Gasteiger partial charge in [0.1, 0.15) is 17.3 Å². The van der Waals surface area contributed by atoms with Gasteiger partial charge in [-0.2, -0.15) is 0 Å². The maximum atomic E-state index is 13.2. The molecule has 0 aliphatic rings. The molecule has 0 bridgehead atoms. The predicted octanol–water partition coefficient (Wildman–Crippen LogP) is 3.43. The highest BCUT2D eigenvalue weighted by molar-refractivity contribution is 5.98. The van der Waals surface area contributed by atoms with E-state index in [0.29, 0.717) is 16.8 Å². The van der Waals surface area contributed by atoms with Gasteiger partial charge in [0.25, 0.3) is 0 Å². The molecule has 1 heterocycles. The van der Waals surface area contributed by atoms with Crippen molar-refractivity contribution in [3.05, 3.63) is 47.4 Å². The number of aromatic nitrogens is 1. The lowest BCUT2D eigenvalue weighted by atomic mass is 10.0. The third-order valence-electron chi connectivity index (χ3n) is 3.46. The number of aromatic hydroxyl groups is 1. The number of rotatable bonds is 6. The zero-order chi connectivity index (χ0) is 17.7. The van der Waals surface area contributed by atoms with Crippen LogP contribution in [0.3, 0.4) is 0 Å². The molecule has 0 saturated carbocycles. The molecule has 5 nitrogen and oxygen atoms in total. The second-order valence-electron chi connectivity index (χ2n) is 5.25. The van der Waals surface area contributed by atoms with Gasteiger partial charge in [-0.1, -0.05) is 0 Å². The van der Waals surface area contributed by atoms with Crippen molar-refractivity contribution < 1.29 is 23.8 Å². The number of pyridine rings is 1. The van der Waals surface area contributed by atoms with Crippen LogP contribution in [0.5, 0.6) is 5.75 Å². The molecule has 0 atom stereocenters. The first-order valence-electron chi connectivity index (χ1n) is 7.57. The quantitative estimate of drug-likeness (QED) is 0.648. The van der Waals surface area contributed by atoms with Gasteiger partial charge in [-0.3, -0.25) is 9.59 Å². The van der Waals surface area contributed by atoms with E-state index < -0.39 is 11.8 Å². The van der Waals surface area contributed by atoms with Crippen molar-refractivity contribution in [1.82, 2.24) is 4.98 Å². The standard InChI is InChI=1S/C18H18FNO4/c1-3-24-17(23)9-8-16(22)18-15(21)7-6-14(20-18)13-5-4-12(19)10-11(13)2/h4-7,10,21H,3,8-9H2,1-2H3. The first-order chi connectivity index (χ1) is 11.4. The van der Waals surface area contributed by atoms with E-state index in [2.05, 4.69) is 4.98 Å². The topological polar surface area (TPSA) is 76.5 Å². The summed E-state index contributed by atoms with van der Waals surface area (Å²) in [7, 11) is 0. The zero-order valence-corrected chi connectivity index (χ0v) is 13.5. The summed E-state index contributed by atoms with van der Waals surface area (Å²) in [6.45, 7) is 3.66. The summed E-state index contributed by atoms with van der Waals surface area (Å²) >= 11 is 0. The number of benzene rings is 1. The Kier molecular flexibility index (Phi) is 5.63. The number of aryl methyl sites for hydroxylation is 1. The third kappa shape index (κ3) is 4.16. The van der Waals surface area contributed by atoms with Gasteiger partial charge in [0.2, 0.25) is 0 Å². The molecule has 6 heteroatoms. The van der Waals surface area contributed by atoms with E-state index in [4.69, 9.17) is 4.74 Å². The summed E-state index contributed by atoms with van der Waals surface area (Å²) in [5, 5.41) is 9.87. The molecule has 0 fully saturated rings. The smallest absolute Gasteiger partial charge is 0.306 e. The van der Waals surface area contributed by atoms with Crippen molar-refractivity contribution in [2.24, 2.45) is 0 Å². The Morgan fingerprint density at radius 3 is 2.62 bits per heavy atom. The Hall–Kier alpha value is -2.76. The number of ether oxygens (including phenoxy) is 1. The van der Waals surface area contributed by atoms with E-state index in [0.717, 1.165) is 0 Å². The molecule has 2 aromatic rings. The molecule has 1 aromatic carbocycles. The minimum atomic E-state index is -0.476. The fraction of sp³-hybridized carbons (Fsp3) is 0.278. The summed E-state index contributed by atoms with van der Waals surface area (Å²) in [6.07, 6.45) is -0.182. The number of ketones is 1. The molecule has 2 rings (SSSR count). The van der Waals surface area contributed by atoms with Crippen molar-refractivity contribution in [3.8, 4) is 17.0 Å². The molecular formula is C18H18FNO4. The van der Waals surface area contributed by atoms with Crippen LogP contribution in [0.2, 0.25) is 0 Å². The Bertz CT molecular complexity index is 774. The average molecular weight is 331 g/mol. The van der Waals surface area contributed by atoms with Crippen molar-refractivity contribution in [3.63, 3.8) is 0 Å². The summed E-state index contributed by atoms with van der Waals surface area (Å²) in [5.74, 6) is -1.55. The lowest BCUT2D eigenvalue weighted by molar-refractivity contribution is -0.143. The van der Waals surface area contributed by atoms with E-state index >= 15 is 0 Å². The van der Waals surface area contributed by atoms with Gasteiger partial charge in [0.05, 0.1) is 18.7 Å². The van der Waals surface area contributed by atoms with Crippen LogP contribution in [0.4, 0.5) is 4.39 Å². The van der Waals surface area contributed by atoms with E-state index in [9.17, 15) is 19.1 Å².